The van der Waals surface area contributed by atoms with Crippen LogP contribution in [0.25, 0.3) is 0 Å². The van der Waals surface area contributed by atoms with Crippen LogP contribution < -0.4 is 10.6 Å². The summed E-state index contributed by atoms with van der Waals surface area (Å²) in [7, 11) is 1.31. The zero-order valence-corrected chi connectivity index (χ0v) is 14.6. The van der Waals surface area contributed by atoms with Crippen LogP contribution in [0.2, 0.25) is 5.15 Å². The van der Waals surface area contributed by atoms with E-state index in [2.05, 4.69) is 25.7 Å². The van der Waals surface area contributed by atoms with Crippen LogP contribution in [0.15, 0.2) is 12.4 Å². The molecule has 0 aromatic carbocycles. The summed E-state index contributed by atoms with van der Waals surface area (Å²) in [5, 5.41) is 9.38. The van der Waals surface area contributed by atoms with Gasteiger partial charge >= 0.3 is 6.18 Å². The Balaban J connectivity index is 1.52. The van der Waals surface area contributed by atoms with E-state index in [1.807, 2.05) is 0 Å². The molecule has 0 bridgehead atoms. The Morgan fingerprint density at radius 1 is 1.22 bits per heavy atom. The van der Waals surface area contributed by atoms with Gasteiger partial charge in [0.1, 0.15) is 11.4 Å². The molecule has 2 saturated carbocycles. The van der Waals surface area contributed by atoms with Gasteiger partial charge in [-0.05, 0) is 12.8 Å². The lowest BCUT2D eigenvalue weighted by molar-refractivity contribution is -0.137. The fraction of sp³-hybridized carbons (Fsp3) is 0.533. The number of aromatic nitrogens is 4. The number of fused-ring (bicyclic) bond motifs is 1. The Kier molecular flexibility index (Phi) is 3.99. The monoisotopic (exact) mass is 408 g/mol. The smallest absolute Gasteiger partial charge is 0.372 e. The van der Waals surface area contributed by atoms with Crippen molar-refractivity contribution < 1.29 is 22.0 Å². The second kappa shape index (κ2) is 5.91. The van der Waals surface area contributed by atoms with E-state index in [1.54, 1.807) is 0 Å². The number of hydrogen-bond acceptors (Lipinski definition) is 5. The molecule has 6 nitrogen and oxygen atoms in total. The highest BCUT2D eigenvalue weighted by Gasteiger charge is 2.71. The molecule has 12 heteroatoms. The van der Waals surface area contributed by atoms with E-state index in [9.17, 15) is 22.0 Å². The molecule has 0 aliphatic heterocycles. The summed E-state index contributed by atoms with van der Waals surface area (Å²) in [6, 6.07) is -0.232. The summed E-state index contributed by atoms with van der Waals surface area (Å²) >= 11 is 6.26. The molecule has 0 radical (unpaired) electrons. The first kappa shape index (κ1) is 18.2. The van der Waals surface area contributed by atoms with Crippen LogP contribution in [0.1, 0.15) is 24.4 Å². The zero-order valence-electron chi connectivity index (χ0n) is 13.9. The minimum absolute atomic E-state index is 0.102. The van der Waals surface area contributed by atoms with Gasteiger partial charge in [-0.15, -0.1) is 0 Å². The largest absolute Gasteiger partial charge is 0.421 e. The van der Waals surface area contributed by atoms with E-state index in [0.29, 0.717) is 19.0 Å². The van der Waals surface area contributed by atoms with Gasteiger partial charge in [-0.1, -0.05) is 11.6 Å². The van der Waals surface area contributed by atoms with E-state index >= 15 is 0 Å². The van der Waals surface area contributed by atoms with Gasteiger partial charge in [0.05, 0.1) is 17.9 Å². The summed E-state index contributed by atoms with van der Waals surface area (Å²) < 4.78 is 66.8. The second-order valence-corrected chi connectivity index (χ2v) is 6.99. The lowest BCUT2D eigenvalue weighted by atomic mass is 10.1. The van der Waals surface area contributed by atoms with Crippen molar-refractivity contribution in [3.05, 3.63) is 23.1 Å². The number of anilines is 3. The molecule has 146 valence electrons. The lowest BCUT2D eigenvalue weighted by Gasteiger charge is -2.16. The van der Waals surface area contributed by atoms with Crippen molar-refractivity contribution in [1.29, 1.82) is 0 Å². The Hall–Kier alpha value is -2.17. The molecule has 2 N–H and O–H groups in total. The van der Waals surface area contributed by atoms with E-state index in [0.717, 1.165) is 0 Å². The predicted octanol–water partition coefficient (Wildman–Crippen LogP) is 4.35. The maximum Gasteiger partial charge on any atom is 0.421 e. The lowest BCUT2D eigenvalue weighted by Crippen LogP contribution is -2.14. The fourth-order valence-electron chi connectivity index (χ4n) is 3.63. The average Bonchev–Trinajstić information content (AvgIpc) is 2.99. The van der Waals surface area contributed by atoms with Gasteiger partial charge in [-0.25, -0.2) is 18.4 Å². The first-order valence-corrected chi connectivity index (χ1v) is 8.50. The second-order valence-electron chi connectivity index (χ2n) is 6.64. The standard InChI is InChI=1S/C15H14ClF5N6/c1-22-12-9(15(19,20)21)4-23-13(26-12)25-10-5-24-27(11(10)16)6-2-7-8(3-6)14(7,17)18/h4-8H,2-3H2,1H3,(H2,22,23,25,26)/t6-,7+,8?/m0/s1. The molecular weight excluding hydrogens is 395 g/mol. The molecule has 27 heavy (non-hydrogen) atoms. The van der Waals surface area contributed by atoms with Gasteiger partial charge in [0.25, 0.3) is 5.92 Å². The molecule has 2 heterocycles. The van der Waals surface area contributed by atoms with Gasteiger partial charge < -0.3 is 10.6 Å². The third kappa shape index (κ3) is 2.97. The molecule has 1 unspecified atom stereocenters. The Morgan fingerprint density at radius 3 is 2.48 bits per heavy atom. The van der Waals surface area contributed by atoms with Gasteiger partial charge in [0.15, 0.2) is 5.15 Å². The predicted molar refractivity (Wildman–Crippen MR) is 87.3 cm³/mol. The Bertz CT molecular complexity index is 868. The first-order chi connectivity index (χ1) is 12.6. The molecule has 2 aromatic rings. The van der Waals surface area contributed by atoms with Crippen LogP contribution in [0, 0.1) is 11.8 Å². The van der Waals surface area contributed by atoms with Crippen molar-refractivity contribution >= 4 is 29.1 Å². The fourth-order valence-corrected chi connectivity index (χ4v) is 3.91. The normalized spacial score (nSPS) is 26.0. The molecule has 2 aromatic heterocycles. The molecule has 0 saturated heterocycles. The minimum atomic E-state index is -4.59. The summed E-state index contributed by atoms with van der Waals surface area (Å²) in [6.07, 6.45) is -1.99. The van der Waals surface area contributed by atoms with Gasteiger partial charge in [0.2, 0.25) is 5.95 Å². The highest BCUT2D eigenvalue weighted by Crippen LogP contribution is 2.66. The summed E-state index contributed by atoms with van der Waals surface area (Å²) in [5.74, 6) is -4.34. The van der Waals surface area contributed by atoms with Crippen molar-refractivity contribution in [2.45, 2.75) is 31.0 Å². The molecule has 0 spiro atoms. The molecule has 2 fully saturated rings. The van der Waals surface area contributed by atoms with Crippen LogP contribution in [0.3, 0.4) is 0 Å². The SMILES string of the molecule is CNc1nc(Nc2cnn([C@@H]3CC4[C@@H](C3)C4(F)F)c2Cl)ncc1C(F)(F)F. The highest BCUT2D eigenvalue weighted by atomic mass is 35.5. The van der Waals surface area contributed by atoms with Crippen molar-refractivity contribution in [3.63, 3.8) is 0 Å². The molecule has 4 rings (SSSR count). The highest BCUT2D eigenvalue weighted by molar-refractivity contribution is 6.32. The number of nitrogens with one attached hydrogen (secondary N) is 2. The third-order valence-electron chi connectivity index (χ3n) is 5.08. The number of halogens is 6. The molecular formula is C15H14ClF5N6. The summed E-state index contributed by atoms with van der Waals surface area (Å²) in [5.41, 5.74) is -0.714. The maximum atomic E-state index is 13.3. The Morgan fingerprint density at radius 2 is 1.89 bits per heavy atom. The van der Waals surface area contributed by atoms with Crippen molar-refractivity contribution in [1.82, 2.24) is 19.7 Å². The summed E-state index contributed by atoms with van der Waals surface area (Å²) in [4.78, 5) is 7.45. The number of nitrogens with zero attached hydrogens (tertiary/aromatic N) is 4. The number of hydrogen-bond donors (Lipinski definition) is 2. The van der Waals surface area contributed by atoms with Crippen LogP contribution in [0.4, 0.5) is 39.4 Å². The molecule has 2 aliphatic rings. The topological polar surface area (TPSA) is 67.7 Å². The van der Waals surface area contributed by atoms with Gasteiger partial charge in [-0.3, -0.25) is 0 Å². The van der Waals surface area contributed by atoms with Crippen LogP contribution in [-0.2, 0) is 6.18 Å². The van der Waals surface area contributed by atoms with Gasteiger partial charge in [0, 0.05) is 25.1 Å². The van der Waals surface area contributed by atoms with Crippen LogP contribution in [-0.4, -0.2) is 32.7 Å². The van der Waals surface area contributed by atoms with Crippen LogP contribution >= 0.6 is 11.6 Å². The molecule has 0 amide bonds. The van der Waals surface area contributed by atoms with E-state index in [1.165, 1.54) is 17.9 Å². The quantitative estimate of drug-likeness (QED) is 0.736. The number of alkyl halides is 5. The van der Waals surface area contributed by atoms with E-state index in [-0.39, 0.29) is 28.6 Å². The number of rotatable bonds is 4. The van der Waals surface area contributed by atoms with Crippen molar-refractivity contribution in [2.24, 2.45) is 11.8 Å². The maximum absolute atomic E-state index is 13.3. The van der Waals surface area contributed by atoms with E-state index < -0.39 is 29.5 Å². The van der Waals surface area contributed by atoms with Crippen LogP contribution in [0.5, 0.6) is 0 Å². The third-order valence-corrected chi connectivity index (χ3v) is 5.45. The van der Waals surface area contributed by atoms with Gasteiger partial charge in [-0.2, -0.15) is 23.3 Å². The Labute approximate surface area is 155 Å². The molecule has 3 atom stereocenters. The van der Waals surface area contributed by atoms with Crippen molar-refractivity contribution in [2.75, 3.05) is 17.7 Å². The zero-order chi connectivity index (χ0) is 19.6. The average molecular weight is 409 g/mol. The molecule has 2 aliphatic carbocycles. The first-order valence-electron chi connectivity index (χ1n) is 8.12. The summed E-state index contributed by atoms with van der Waals surface area (Å²) in [6.45, 7) is 0. The van der Waals surface area contributed by atoms with Crippen molar-refractivity contribution in [3.8, 4) is 0 Å². The minimum Gasteiger partial charge on any atom is -0.372 e. The van der Waals surface area contributed by atoms with E-state index in [4.69, 9.17) is 11.6 Å².